The van der Waals surface area contributed by atoms with Gasteiger partial charge in [-0.3, -0.25) is 9.69 Å². The fraction of sp³-hybridized carbons (Fsp3) is 0.562. The minimum Gasteiger partial charge on any atom is -0.354 e. The predicted octanol–water partition coefficient (Wildman–Crippen LogP) is 1.33. The van der Waals surface area contributed by atoms with E-state index in [9.17, 15) is 4.79 Å². The first-order valence-corrected chi connectivity index (χ1v) is 7.44. The van der Waals surface area contributed by atoms with Crippen molar-refractivity contribution in [1.82, 2.24) is 10.2 Å². The molecular formula is C16H25N3O. The molecule has 0 aliphatic carbocycles. The molecule has 1 heterocycles. The zero-order chi connectivity index (χ0) is 14.4. The van der Waals surface area contributed by atoms with Gasteiger partial charge in [-0.25, -0.2) is 0 Å². The summed E-state index contributed by atoms with van der Waals surface area (Å²) in [4.78, 5) is 14.1. The number of hydrogen-bond donors (Lipinski definition) is 2. The van der Waals surface area contributed by atoms with Gasteiger partial charge in [0.05, 0.1) is 6.54 Å². The molecule has 1 saturated heterocycles. The Morgan fingerprint density at radius 2 is 2.20 bits per heavy atom. The van der Waals surface area contributed by atoms with Crippen LogP contribution in [0.1, 0.15) is 31.2 Å². The van der Waals surface area contributed by atoms with Crippen molar-refractivity contribution in [2.75, 3.05) is 26.2 Å². The molecule has 3 N–H and O–H groups in total. The van der Waals surface area contributed by atoms with Crippen molar-refractivity contribution in [1.29, 1.82) is 0 Å². The van der Waals surface area contributed by atoms with Crippen LogP contribution in [0.2, 0.25) is 0 Å². The number of likely N-dealkylation sites (tertiary alicyclic amines) is 1. The Morgan fingerprint density at radius 3 is 2.90 bits per heavy atom. The Balaban J connectivity index is 1.72. The van der Waals surface area contributed by atoms with Crippen molar-refractivity contribution in [3.05, 3.63) is 35.9 Å². The Morgan fingerprint density at radius 1 is 1.45 bits per heavy atom. The highest BCUT2D eigenvalue weighted by Gasteiger charge is 2.18. The van der Waals surface area contributed by atoms with Gasteiger partial charge >= 0.3 is 0 Å². The van der Waals surface area contributed by atoms with Crippen molar-refractivity contribution < 1.29 is 4.79 Å². The molecule has 0 saturated carbocycles. The van der Waals surface area contributed by atoms with Crippen LogP contribution in [-0.2, 0) is 4.79 Å². The fourth-order valence-electron chi connectivity index (χ4n) is 2.66. The summed E-state index contributed by atoms with van der Waals surface area (Å²) in [5, 5.41) is 3.02. The van der Waals surface area contributed by atoms with Gasteiger partial charge in [-0.2, -0.15) is 0 Å². The van der Waals surface area contributed by atoms with E-state index in [4.69, 9.17) is 5.73 Å². The lowest BCUT2D eigenvalue weighted by Gasteiger charge is -2.30. The average Bonchev–Trinajstić information content (AvgIpc) is 2.46. The zero-order valence-corrected chi connectivity index (χ0v) is 12.2. The third kappa shape index (κ3) is 4.62. The minimum absolute atomic E-state index is 0.0990. The van der Waals surface area contributed by atoms with Crippen LogP contribution < -0.4 is 11.1 Å². The Kier molecular flexibility index (Phi) is 5.56. The molecule has 2 atom stereocenters. The van der Waals surface area contributed by atoms with E-state index < -0.39 is 0 Å². The van der Waals surface area contributed by atoms with Gasteiger partial charge in [0.15, 0.2) is 0 Å². The average molecular weight is 275 g/mol. The molecule has 1 fully saturated rings. The van der Waals surface area contributed by atoms with Gasteiger partial charge in [0, 0.05) is 19.1 Å². The zero-order valence-electron chi connectivity index (χ0n) is 12.2. The molecule has 0 bridgehead atoms. The molecular weight excluding hydrogens is 250 g/mol. The van der Waals surface area contributed by atoms with Crippen LogP contribution in [0.15, 0.2) is 30.3 Å². The molecule has 0 spiro atoms. The number of benzene rings is 1. The van der Waals surface area contributed by atoms with E-state index in [1.165, 1.54) is 5.56 Å². The molecule has 1 aliphatic heterocycles. The lowest BCUT2D eigenvalue weighted by Crippen LogP contribution is -2.47. The summed E-state index contributed by atoms with van der Waals surface area (Å²) < 4.78 is 0. The summed E-state index contributed by atoms with van der Waals surface area (Å²) in [6.07, 6.45) is 2.16. The quantitative estimate of drug-likeness (QED) is 0.852. The number of hydrogen-bond acceptors (Lipinski definition) is 3. The van der Waals surface area contributed by atoms with Gasteiger partial charge in [0.2, 0.25) is 5.91 Å². The smallest absolute Gasteiger partial charge is 0.234 e. The van der Waals surface area contributed by atoms with E-state index in [1.807, 2.05) is 18.2 Å². The molecule has 1 aromatic carbocycles. The van der Waals surface area contributed by atoms with Crippen LogP contribution >= 0.6 is 0 Å². The highest BCUT2D eigenvalue weighted by atomic mass is 16.2. The third-order valence-corrected chi connectivity index (χ3v) is 3.88. The maximum atomic E-state index is 12.0. The molecule has 110 valence electrons. The summed E-state index contributed by atoms with van der Waals surface area (Å²) in [5.74, 6) is 0.436. The van der Waals surface area contributed by atoms with E-state index in [1.54, 1.807) is 0 Å². The van der Waals surface area contributed by atoms with E-state index in [-0.39, 0.29) is 11.9 Å². The molecule has 0 radical (unpaired) electrons. The van der Waals surface area contributed by atoms with Crippen molar-refractivity contribution in [2.45, 2.75) is 31.7 Å². The van der Waals surface area contributed by atoms with Crippen LogP contribution in [0.4, 0.5) is 0 Å². The van der Waals surface area contributed by atoms with Crippen LogP contribution in [0.25, 0.3) is 0 Å². The summed E-state index contributed by atoms with van der Waals surface area (Å²) in [6.45, 7) is 5.10. The van der Waals surface area contributed by atoms with Gasteiger partial charge in [0.1, 0.15) is 0 Å². The molecule has 1 aliphatic rings. The molecule has 4 nitrogen and oxygen atoms in total. The third-order valence-electron chi connectivity index (χ3n) is 3.88. The topological polar surface area (TPSA) is 58.4 Å². The van der Waals surface area contributed by atoms with Gasteiger partial charge < -0.3 is 11.1 Å². The first-order chi connectivity index (χ1) is 9.65. The summed E-state index contributed by atoms with van der Waals surface area (Å²) in [6, 6.07) is 10.5. The molecule has 20 heavy (non-hydrogen) atoms. The van der Waals surface area contributed by atoms with Gasteiger partial charge in [-0.1, -0.05) is 37.3 Å². The summed E-state index contributed by atoms with van der Waals surface area (Å²) in [5.41, 5.74) is 7.18. The van der Waals surface area contributed by atoms with Gasteiger partial charge in [0.25, 0.3) is 0 Å². The molecule has 2 rings (SSSR count). The van der Waals surface area contributed by atoms with E-state index in [0.29, 0.717) is 19.0 Å². The number of rotatable bonds is 5. The van der Waals surface area contributed by atoms with Crippen molar-refractivity contribution in [3.63, 3.8) is 0 Å². The van der Waals surface area contributed by atoms with Crippen LogP contribution in [0.3, 0.4) is 0 Å². The molecule has 4 heteroatoms. The highest BCUT2D eigenvalue weighted by molar-refractivity contribution is 5.78. The Labute approximate surface area is 121 Å². The number of nitrogens with one attached hydrogen (secondary N) is 1. The first-order valence-electron chi connectivity index (χ1n) is 7.44. The van der Waals surface area contributed by atoms with Crippen molar-refractivity contribution >= 4 is 5.91 Å². The molecule has 0 aromatic heterocycles. The number of amides is 1. The number of piperidine rings is 1. The number of nitrogens with zero attached hydrogens (tertiary/aromatic N) is 1. The van der Waals surface area contributed by atoms with E-state index in [2.05, 4.69) is 29.3 Å². The van der Waals surface area contributed by atoms with E-state index >= 15 is 0 Å². The Hall–Kier alpha value is -1.39. The molecule has 1 amide bonds. The van der Waals surface area contributed by atoms with Crippen molar-refractivity contribution in [3.8, 4) is 0 Å². The van der Waals surface area contributed by atoms with Crippen molar-refractivity contribution in [2.24, 2.45) is 5.73 Å². The number of nitrogens with two attached hydrogens (primary N) is 1. The SMILES string of the molecule is CC(CNC(=O)CN1CCCC(N)C1)c1ccccc1. The number of carbonyl (C=O) groups excluding carboxylic acids is 1. The van der Waals surface area contributed by atoms with Crippen LogP contribution in [-0.4, -0.2) is 43.0 Å². The van der Waals surface area contributed by atoms with Gasteiger partial charge in [-0.05, 0) is 30.9 Å². The highest BCUT2D eigenvalue weighted by Crippen LogP contribution is 2.13. The summed E-state index contributed by atoms with van der Waals surface area (Å²) in [7, 11) is 0. The monoisotopic (exact) mass is 275 g/mol. The predicted molar refractivity (Wildman–Crippen MR) is 81.5 cm³/mol. The Bertz CT molecular complexity index is 421. The second-order valence-electron chi connectivity index (χ2n) is 5.75. The minimum atomic E-state index is 0.0990. The fourth-order valence-corrected chi connectivity index (χ4v) is 2.66. The maximum Gasteiger partial charge on any atom is 0.234 e. The molecule has 2 unspecified atom stereocenters. The maximum absolute atomic E-state index is 12.0. The second-order valence-corrected chi connectivity index (χ2v) is 5.75. The lowest BCUT2D eigenvalue weighted by atomic mass is 10.0. The second kappa shape index (κ2) is 7.41. The van der Waals surface area contributed by atoms with Crippen LogP contribution in [0.5, 0.6) is 0 Å². The molecule has 1 aromatic rings. The van der Waals surface area contributed by atoms with Gasteiger partial charge in [-0.15, -0.1) is 0 Å². The van der Waals surface area contributed by atoms with E-state index in [0.717, 1.165) is 25.9 Å². The van der Waals surface area contributed by atoms with Crippen LogP contribution in [0, 0.1) is 0 Å². The normalized spacial score (nSPS) is 21.4. The largest absolute Gasteiger partial charge is 0.354 e. The first kappa shape index (κ1) is 15.0. The summed E-state index contributed by atoms with van der Waals surface area (Å²) >= 11 is 0. The number of carbonyl (C=O) groups is 1. The standard InChI is InChI=1S/C16H25N3O/c1-13(14-6-3-2-4-7-14)10-18-16(20)12-19-9-5-8-15(17)11-19/h2-4,6-7,13,15H,5,8-12,17H2,1H3,(H,18,20). The lowest BCUT2D eigenvalue weighted by molar-refractivity contribution is -0.122.